The lowest BCUT2D eigenvalue weighted by molar-refractivity contribution is 0.0612. The Kier molecular flexibility index (Phi) is 3.41. The second-order valence-corrected chi connectivity index (χ2v) is 5.23. The molecule has 90 valence electrons. The lowest BCUT2D eigenvalue weighted by atomic mass is 10.0. The second kappa shape index (κ2) is 4.82. The quantitative estimate of drug-likeness (QED) is 0.729. The average Bonchev–Trinajstić information content (AvgIpc) is 2.95. The average molecular weight is 251 g/mol. The van der Waals surface area contributed by atoms with Gasteiger partial charge in [0.15, 0.2) is 0 Å². The number of nitriles is 1. The molecular formula is C11H13N3O2S. The van der Waals surface area contributed by atoms with Crippen LogP contribution in [0, 0.1) is 11.3 Å². The van der Waals surface area contributed by atoms with Crippen LogP contribution >= 0.6 is 11.8 Å². The summed E-state index contributed by atoms with van der Waals surface area (Å²) >= 11 is 1.69. The Labute approximate surface area is 103 Å². The molecule has 1 aliphatic rings. The van der Waals surface area contributed by atoms with Gasteiger partial charge in [0.2, 0.25) is 0 Å². The van der Waals surface area contributed by atoms with Gasteiger partial charge < -0.3 is 15.4 Å². The number of nitrogens with zero attached hydrogens (tertiary/aromatic N) is 1. The lowest BCUT2D eigenvalue weighted by Crippen LogP contribution is -2.42. The second-order valence-electron chi connectivity index (χ2n) is 4.12. The summed E-state index contributed by atoms with van der Waals surface area (Å²) in [4.78, 5) is 14.4. The first-order valence-electron chi connectivity index (χ1n) is 5.30. The summed E-state index contributed by atoms with van der Waals surface area (Å²) in [6, 6.07) is 3.41. The molecule has 3 N–H and O–H groups in total. The first-order valence-corrected chi connectivity index (χ1v) is 6.45. The van der Waals surface area contributed by atoms with E-state index in [1.54, 1.807) is 11.8 Å². The maximum Gasteiger partial charge on any atom is 0.252 e. The summed E-state index contributed by atoms with van der Waals surface area (Å²) < 4.78 is 0. The summed E-state index contributed by atoms with van der Waals surface area (Å²) in [7, 11) is 0. The Morgan fingerprint density at radius 3 is 3.18 bits per heavy atom. The number of nitrogens with one attached hydrogen (secondary N) is 2. The highest BCUT2D eigenvalue weighted by atomic mass is 32.2. The van der Waals surface area contributed by atoms with Gasteiger partial charge in [-0.25, -0.2) is 0 Å². The third-order valence-corrected chi connectivity index (χ3v) is 3.96. The molecule has 6 heteroatoms. The van der Waals surface area contributed by atoms with Gasteiger partial charge in [-0.15, -0.1) is 0 Å². The molecule has 0 aromatic carbocycles. The monoisotopic (exact) mass is 251 g/mol. The van der Waals surface area contributed by atoms with Crippen LogP contribution in [0.15, 0.2) is 12.3 Å². The van der Waals surface area contributed by atoms with Crippen molar-refractivity contribution in [3.63, 3.8) is 0 Å². The first-order chi connectivity index (χ1) is 8.13. The van der Waals surface area contributed by atoms with Crippen molar-refractivity contribution in [1.29, 1.82) is 5.26 Å². The maximum absolute atomic E-state index is 11.7. The van der Waals surface area contributed by atoms with Crippen molar-refractivity contribution in [3.8, 4) is 6.07 Å². The molecule has 1 aliphatic heterocycles. The van der Waals surface area contributed by atoms with E-state index in [4.69, 9.17) is 5.26 Å². The van der Waals surface area contributed by atoms with Gasteiger partial charge in [0.25, 0.3) is 5.91 Å². The molecule has 0 aliphatic carbocycles. The zero-order valence-electron chi connectivity index (χ0n) is 9.19. The molecule has 1 unspecified atom stereocenters. The van der Waals surface area contributed by atoms with Crippen LogP contribution in [0.25, 0.3) is 0 Å². The number of aromatic amines is 1. The fourth-order valence-corrected chi connectivity index (χ4v) is 2.97. The van der Waals surface area contributed by atoms with E-state index in [-0.39, 0.29) is 12.5 Å². The van der Waals surface area contributed by atoms with Crippen LogP contribution in [-0.2, 0) is 0 Å². The van der Waals surface area contributed by atoms with Gasteiger partial charge in [0.1, 0.15) is 11.8 Å². The van der Waals surface area contributed by atoms with Crippen molar-refractivity contribution in [3.05, 3.63) is 23.5 Å². The Bertz CT molecular complexity index is 458. The smallest absolute Gasteiger partial charge is 0.252 e. The highest BCUT2D eigenvalue weighted by Gasteiger charge is 2.32. The fraction of sp³-hybridized carbons (Fsp3) is 0.455. The van der Waals surface area contributed by atoms with Crippen molar-refractivity contribution in [2.45, 2.75) is 12.0 Å². The molecule has 1 amide bonds. The summed E-state index contributed by atoms with van der Waals surface area (Å²) in [6.45, 7) is 0.256. The molecule has 5 nitrogen and oxygen atoms in total. The molecule has 0 radical (unpaired) electrons. The van der Waals surface area contributed by atoms with Gasteiger partial charge in [-0.3, -0.25) is 4.79 Å². The minimum atomic E-state index is -0.783. The van der Waals surface area contributed by atoms with Gasteiger partial charge in [-0.1, -0.05) is 0 Å². The molecule has 1 aromatic rings. The summed E-state index contributed by atoms with van der Waals surface area (Å²) in [5, 5.41) is 21.4. The summed E-state index contributed by atoms with van der Waals surface area (Å²) in [5.74, 6) is 1.31. The van der Waals surface area contributed by atoms with E-state index in [0.717, 1.165) is 5.75 Å². The van der Waals surface area contributed by atoms with Crippen LogP contribution in [-0.4, -0.2) is 39.6 Å². The third kappa shape index (κ3) is 2.81. The molecule has 0 bridgehead atoms. The van der Waals surface area contributed by atoms with Gasteiger partial charge in [-0.2, -0.15) is 17.0 Å². The number of hydrogen-bond acceptors (Lipinski definition) is 4. The molecule has 0 saturated carbocycles. The number of carbonyl (C=O) groups is 1. The molecule has 2 heterocycles. The Morgan fingerprint density at radius 1 is 1.76 bits per heavy atom. The maximum atomic E-state index is 11.7. The number of hydrogen-bond donors (Lipinski definition) is 3. The largest absolute Gasteiger partial charge is 0.387 e. The van der Waals surface area contributed by atoms with Crippen LogP contribution in [0.1, 0.15) is 22.5 Å². The number of aromatic nitrogens is 1. The van der Waals surface area contributed by atoms with Crippen LogP contribution < -0.4 is 5.32 Å². The summed E-state index contributed by atoms with van der Waals surface area (Å²) in [6.07, 6.45) is 2.19. The molecule has 0 spiro atoms. The molecule has 1 fully saturated rings. The number of aliphatic hydroxyl groups is 1. The fourth-order valence-electron chi connectivity index (χ4n) is 1.67. The van der Waals surface area contributed by atoms with Crippen molar-refractivity contribution in [2.24, 2.45) is 0 Å². The van der Waals surface area contributed by atoms with Crippen LogP contribution in [0.3, 0.4) is 0 Å². The number of amides is 1. The molecule has 1 aromatic heterocycles. The first kappa shape index (κ1) is 12.0. The standard InChI is InChI=1S/C11H13N3O2S/c12-4-9-3-8(5-13-9)10(15)14-6-11(16)1-2-17-7-11/h3,5,13,16H,1-2,6-7H2,(H,14,15). The normalized spacial score (nSPS) is 23.3. The van der Waals surface area contributed by atoms with E-state index < -0.39 is 5.60 Å². The lowest BCUT2D eigenvalue weighted by Gasteiger charge is -2.21. The molecular weight excluding hydrogens is 238 g/mol. The van der Waals surface area contributed by atoms with E-state index in [1.165, 1.54) is 12.3 Å². The van der Waals surface area contributed by atoms with Crippen LogP contribution in [0.4, 0.5) is 0 Å². The highest BCUT2D eigenvalue weighted by Crippen LogP contribution is 2.26. The Balaban J connectivity index is 1.91. The molecule has 17 heavy (non-hydrogen) atoms. The zero-order chi connectivity index (χ0) is 12.3. The van der Waals surface area contributed by atoms with Gasteiger partial charge in [-0.05, 0) is 18.2 Å². The Morgan fingerprint density at radius 2 is 2.59 bits per heavy atom. The predicted octanol–water partition coefficient (Wildman–Crippen LogP) is 0.484. The zero-order valence-corrected chi connectivity index (χ0v) is 10.0. The van der Waals surface area contributed by atoms with Crippen molar-refractivity contribution < 1.29 is 9.90 Å². The van der Waals surface area contributed by atoms with Gasteiger partial charge in [0, 0.05) is 18.5 Å². The predicted molar refractivity (Wildman–Crippen MR) is 64.7 cm³/mol. The SMILES string of the molecule is N#Cc1cc(C(=O)NCC2(O)CCSC2)c[nH]1. The van der Waals surface area contributed by atoms with Gasteiger partial charge in [0.05, 0.1) is 11.2 Å². The molecule has 2 rings (SSSR count). The van der Waals surface area contributed by atoms with E-state index in [1.807, 2.05) is 6.07 Å². The molecule has 1 saturated heterocycles. The minimum Gasteiger partial charge on any atom is -0.387 e. The van der Waals surface area contributed by atoms with Crippen molar-refractivity contribution >= 4 is 17.7 Å². The van der Waals surface area contributed by atoms with Gasteiger partial charge >= 0.3 is 0 Å². The minimum absolute atomic E-state index is 0.256. The molecule has 1 atom stereocenters. The third-order valence-electron chi connectivity index (χ3n) is 2.73. The highest BCUT2D eigenvalue weighted by molar-refractivity contribution is 7.99. The summed E-state index contributed by atoms with van der Waals surface area (Å²) in [5.41, 5.74) is -0.0182. The number of thioether (sulfide) groups is 1. The van der Waals surface area contributed by atoms with E-state index in [2.05, 4.69) is 10.3 Å². The number of rotatable bonds is 3. The van der Waals surface area contributed by atoms with Crippen molar-refractivity contribution in [1.82, 2.24) is 10.3 Å². The van der Waals surface area contributed by atoms with Crippen LogP contribution in [0.5, 0.6) is 0 Å². The number of H-pyrrole nitrogens is 1. The van der Waals surface area contributed by atoms with Crippen molar-refractivity contribution in [2.75, 3.05) is 18.1 Å². The topological polar surface area (TPSA) is 88.9 Å². The van der Waals surface area contributed by atoms with Crippen LogP contribution in [0.2, 0.25) is 0 Å². The number of carbonyl (C=O) groups excluding carboxylic acids is 1. The van der Waals surface area contributed by atoms with E-state index >= 15 is 0 Å². The van der Waals surface area contributed by atoms with E-state index in [9.17, 15) is 9.90 Å². The Hall–Kier alpha value is -1.45. The van der Waals surface area contributed by atoms with E-state index in [0.29, 0.717) is 23.4 Å².